The van der Waals surface area contributed by atoms with Gasteiger partial charge in [0.1, 0.15) is 16.7 Å². The molecule has 0 saturated heterocycles. The van der Waals surface area contributed by atoms with E-state index in [9.17, 15) is 0 Å². The normalized spacial score (nSPS) is 13.8. The summed E-state index contributed by atoms with van der Waals surface area (Å²) in [4.78, 5) is 4.83. The average molecular weight is 949 g/mol. The topological polar surface area (TPSA) is 32.8 Å². The quantitative estimate of drug-likeness (QED) is 0.152. The van der Waals surface area contributed by atoms with Gasteiger partial charge in [-0.15, -0.1) is 0 Å². The van der Waals surface area contributed by atoms with E-state index in [4.69, 9.17) is 8.83 Å². The molecule has 0 atom stereocenters. The minimum atomic E-state index is -0.525. The lowest BCUT2D eigenvalue weighted by atomic mass is 9.68. The van der Waals surface area contributed by atoms with E-state index >= 15 is 0 Å². The third-order valence-electron chi connectivity index (χ3n) is 16.1. The zero-order chi connectivity index (χ0) is 49.1. The lowest BCUT2D eigenvalue weighted by molar-refractivity contribution is 0.660. The summed E-state index contributed by atoms with van der Waals surface area (Å²) >= 11 is 0. The molecule has 13 aromatic rings. The van der Waals surface area contributed by atoms with Gasteiger partial charge in [0.2, 0.25) is 0 Å². The summed E-state index contributed by atoms with van der Waals surface area (Å²) in [5.41, 5.74) is 21.4. The van der Waals surface area contributed by atoms with Gasteiger partial charge in [-0.1, -0.05) is 196 Å². The predicted octanol–water partition coefficient (Wildman–Crippen LogP) is 19.1. The van der Waals surface area contributed by atoms with E-state index in [-0.39, 0.29) is 5.41 Å². The number of furan rings is 2. The molecule has 2 aliphatic rings. The number of rotatable bonds is 8. The van der Waals surface area contributed by atoms with Crippen LogP contribution in [0.4, 0.5) is 34.1 Å². The monoisotopic (exact) mass is 948 g/mol. The molecule has 2 aromatic heterocycles. The highest BCUT2D eigenvalue weighted by atomic mass is 16.3. The number of anilines is 6. The molecule has 0 unspecified atom stereocenters. The van der Waals surface area contributed by atoms with Gasteiger partial charge in [-0.2, -0.15) is 0 Å². The van der Waals surface area contributed by atoms with Crippen molar-refractivity contribution in [3.8, 4) is 22.3 Å². The smallest absolute Gasteiger partial charge is 0.159 e. The summed E-state index contributed by atoms with van der Waals surface area (Å²) in [6.45, 7) is 4.70. The zero-order valence-corrected chi connectivity index (χ0v) is 41.0. The van der Waals surface area contributed by atoms with Crippen LogP contribution < -0.4 is 9.80 Å². The maximum atomic E-state index is 6.88. The first-order chi connectivity index (χ1) is 36.5. The van der Waals surface area contributed by atoms with Gasteiger partial charge in [0.05, 0.1) is 22.2 Å². The molecule has 0 aliphatic heterocycles. The Balaban J connectivity index is 0.982. The number of para-hydroxylation sites is 3. The molecule has 11 aromatic carbocycles. The van der Waals surface area contributed by atoms with Crippen molar-refractivity contribution in [2.45, 2.75) is 24.7 Å². The highest BCUT2D eigenvalue weighted by Gasteiger charge is 2.46. The van der Waals surface area contributed by atoms with Gasteiger partial charge in [-0.3, -0.25) is 0 Å². The summed E-state index contributed by atoms with van der Waals surface area (Å²) in [5.74, 6) is 0. The van der Waals surface area contributed by atoms with Gasteiger partial charge < -0.3 is 18.6 Å². The van der Waals surface area contributed by atoms with Gasteiger partial charge in [-0.05, 0) is 128 Å². The van der Waals surface area contributed by atoms with E-state index < -0.39 is 5.41 Å². The third kappa shape index (κ3) is 6.03. The number of hydrogen-bond donors (Lipinski definition) is 0. The second kappa shape index (κ2) is 16.1. The zero-order valence-electron chi connectivity index (χ0n) is 41.0. The molecular weight excluding hydrogens is 901 g/mol. The Morgan fingerprint density at radius 3 is 1.57 bits per heavy atom. The molecule has 0 fully saturated rings. The lowest BCUT2D eigenvalue weighted by Crippen LogP contribution is -2.28. The molecule has 0 amide bonds. The molecule has 4 heteroatoms. The first kappa shape index (κ1) is 42.3. The Hall–Kier alpha value is -9.38. The summed E-state index contributed by atoms with van der Waals surface area (Å²) in [6.07, 6.45) is 0. The highest BCUT2D eigenvalue weighted by molar-refractivity contribution is 6.14. The van der Waals surface area contributed by atoms with Crippen LogP contribution in [-0.2, 0) is 10.8 Å². The molecule has 350 valence electrons. The summed E-state index contributed by atoms with van der Waals surface area (Å²) < 4.78 is 13.5. The van der Waals surface area contributed by atoms with Crippen molar-refractivity contribution in [2.24, 2.45) is 0 Å². The Labute approximate surface area is 429 Å². The van der Waals surface area contributed by atoms with Crippen LogP contribution in [0.3, 0.4) is 0 Å². The SMILES string of the molecule is CC1(C)c2ccccc2-c2ccc(N(c3cccc(N(c4ccc5c(c4)-c4ccccc4C5(c4ccccc4)c4ccccc4)c4cccc5oc6ccccc6c45)c3)c3cccc4c3oc3ccccc34)cc21. The molecule has 0 saturated carbocycles. The van der Waals surface area contributed by atoms with Crippen LogP contribution in [0.5, 0.6) is 0 Å². The van der Waals surface area contributed by atoms with E-state index in [0.717, 1.165) is 78.0 Å². The fourth-order valence-electron chi connectivity index (χ4n) is 12.9. The highest BCUT2D eigenvalue weighted by Crippen LogP contribution is 2.58. The Morgan fingerprint density at radius 2 is 0.811 bits per heavy atom. The van der Waals surface area contributed by atoms with Crippen LogP contribution in [0.15, 0.2) is 264 Å². The molecule has 74 heavy (non-hydrogen) atoms. The lowest BCUT2D eigenvalue weighted by Gasteiger charge is -2.34. The van der Waals surface area contributed by atoms with Crippen LogP contribution in [0.25, 0.3) is 66.1 Å². The second-order valence-electron chi connectivity index (χ2n) is 20.3. The Bertz CT molecular complexity index is 4330. The molecule has 4 nitrogen and oxygen atoms in total. The van der Waals surface area contributed by atoms with E-state index in [1.165, 1.54) is 55.6 Å². The van der Waals surface area contributed by atoms with E-state index in [0.29, 0.717) is 0 Å². The molecule has 15 rings (SSSR count). The molecule has 2 heterocycles. The average Bonchev–Trinajstić information content (AvgIpc) is 4.18. The minimum Gasteiger partial charge on any atom is -0.456 e. The minimum absolute atomic E-state index is 0.200. The third-order valence-corrected chi connectivity index (χ3v) is 16.1. The first-order valence-electron chi connectivity index (χ1n) is 25.6. The maximum absolute atomic E-state index is 6.88. The summed E-state index contributed by atoms with van der Waals surface area (Å²) in [5, 5.41) is 4.30. The van der Waals surface area contributed by atoms with Crippen molar-refractivity contribution >= 4 is 78.0 Å². The van der Waals surface area contributed by atoms with Gasteiger partial charge in [-0.25, -0.2) is 0 Å². The maximum Gasteiger partial charge on any atom is 0.159 e. The number of benzene rings is 11. The molecule has 2 aliphatic carbocycles. The molecule has 0 spiro atoms. The molecule has 0 radical (unpaired) electrons. The Morgan fingerprint density at radius 1 is 0.311 bits per heavy atom. The van der Waals surface area contributed by atoms with Crippen LogP contribution in [0.2, 0.25) is 0 Å². The van der Waals surface area contributed by atoms with Crippen molar-refractivity contribution in [1.29, 1.82) is 0 Å². The van der Waals surface area contributed by atoms with Crippen LogP contribution >= 0.6 is 0 Å². The van der Waals surface area contributed by atoms with Crippen LogP contribution in [0.1, 0.15) is 47.2 Å². The predicted molar refractivity (Wildman–Crippen MR) is 305 cm³/mol. The van der Waals surface area contributed by atoms with Gasteiger partial charge >= 0.3 is 0 Å². The van der Waals surface area contributed by atoms with Crippen molar-refractivity contribution in [3.63, 3.8) is 0 Å². The van der Waals surface area contributed by atoms with Crippen molar-refractivity contribution < 1.29 is 8.83 Å². The molecule has 0 bridgehead atoms. The number of nitrogens with zero attached hydrogens (tertiary/aromatic N) is 2. The van der Waals surface area contributed by atoms with Gasteiger partial charge in [0, 0.05) is 44.3 Å². The molecule has 0 N–H and O–H groups in total. The summed E-state index contributed by atoms with van der Waals surface area (Å²) in [6, 6.07) is 92.8. The van der Waals surface area contributed by atoms with Crippen LogP contribution in [0, 0.1) is 0 Å². The number of fused-ring (bicyclic) bond motifs is 12. The van der Waals surface area contributed by atoms with Gasteiger partial charge in [0.15, 0.2) is 5.58 Å². The Kier molecular flexibility index (Phi) is 9.19. The fourth-order valence-corrected chi connectivity index (χ4v) is 12.9. The van der Waals surface area contributed by atoms with E-state index in [1.807, 2.05) is 12.1 Å². The van der Waals surface area contributed by atoms with Crippen LogP contribution in [-0.4, -0.2) is 0 Å². The van der Waals surface area contributed by atoms with E-state index in [2.05, 4.69) is 266 Å². The van der Waals surface area contributed by atoms with E-state index in [1.54, 1.807) is 0 Å². The summed E-state index contributed by atoms with van der Waals surface area (Å²) in [7, 11) is 0. The number of hydrogen-bond acceptors (Lipinski definition) is 4. The fraction of sp³-hybridized carbons (Fsp3) is 0.0571. The van der Waals surface area contributed by atoms with Crippen molar-refractivity contribution in [1.82, 2.24) is 0 Å². The van der Waals surface area contributed by atoms with Crippen molar-refractivity contribution in [3.05, 3.63) is 288 Å². The van der Waals surface area contributed by atoms with Gasteiger partial charge in [0.25, 0.3) is 0 Å². The second-order valence-corrected chi connectivity index (χ2v) is 20.3. The standard InChI is InChI=1S/C70H48N2O2/c1-69(2)58-31-13-9-26-51(58)53-40-38-50(44-61(53)69)72(63-34-18-30-55-54-28-11-15-35-64(54)74-68(55)63)48-25-17-24-47(42-48)71(62-33-19-37-66-67(62)56-29-12-16-36-65(56)73-66)49-39-41-60-57(43-49)52-27-10-14-32-59(52)70(60,45-20-5-3-6-21-45)46-22-7-4-8-23-46/h3-44H,1-2H3. The largest absolute Gasteiger partial charge is 0.456 e. The molecular formula is C70H48N2O2. The van der Waals surface area contributed by atoms with Crippen molar-refractivity contribution in [2.75, 3.05) is 9.80 Å². The first-order valence-corrected chi connectivity index (χ1v) is 25.6.